The number of benzene rings is 3. The maximum atomic E-state index is 12.4. The highest BCUT2D eigenvalue weighted by molar-refractivity contribution is 6.13. The van der Waals surface area contributed by atoms with E-state index in [1.54, 1.807) is 18.3 Å². The molecule has 2 N–H and O–H groups in total. The van der Waals surface area contributed by atoms with Gasteiger partial charge in [0.2, 0.25) is 5.91 Å². The second kappa shape index (κ2) is 7.45. The quantitative estimate of drug-likeness (QED) is 0.531. The highest BCUT2D eigenvalue weighted by Crippen LogP contribution is 2.19. The van der Waals surface area contributed by atoms with Crippen LogP contribution >= 0.6 is 0 Å². The average molecular weight is 330 g/mol. The summed E-state index contributed by atoms with van der Waals surface area (Å²) in [6, 6.07) is 20.8. The number of hydrogen-bond donors (Lipinski definition) is 2. The van der Waals surface area contributed by atoms with E-state index in [-0.39, 0.29) is 11.7 Å². The summed E-state index contributed by atoms with van der Waals surface area (Å²) in [6.45, 7) is 1.47. The number of allylic oxidation sites excluding steroid dienone is 1. The van der Waals surface area contributed by atoms with E-state index in [0.717, 1.165) is 22.1 Å². The third-order valence-corrected chi connectivity index (χ3v) is 3.75. The number of amides is 1. The summed E-state index contributed by atoms with van der Waals surface area (Å²) >= 11 is 0. The lowest BCUT2D eigenvalue weighted by Crippen LogP contribution is -2.05. The van der Waals surface area contributed by atoms with Gasteiger partial charge in [0.25, 0.3) is 0 Å². The second-order valence-electron chi connectivity index (χ2n) is 5.63. The fraction of sp³-hybridized carbons (Fsp3) is 0.0476. The van der Waals surface area contributed by atoms with Crippen molar-refractivity contribution in [3.8, 4) is 0 Å². The van der Waals surface area contributed by atoms with Gasteiger partial charge in [-0.2, -0.15) is 0 Å². The predicted molar refractivity (Wildman–Crippen MR) is 102 cm³/mol. The van der Waals surface area contributed by atoms with Gasteiger partial charge in [0, 0.05) is 36.1 Å². The largest absolute Gasteiger partial charge is 0.362 e. The first kappa shape index (κ1) is 16.5. The Bertz CT molecular complexity index is 938. The van der Waals surface area contributed by atoms with Crippen LogP contribution in [0.15, 0.2) is 79.0 Å². The lowest BCUT2D eigenvalue weighted by atomic mass is 10.0. The molecule has 4 nitrogen and oxygen atoms in total. The van der Waals surface area contributed by atoms with Crippen molar-refractivity contribution in [2.45, 2.75) is 6.92 Å². The van der Waals surface area contributed by atoms with Crippen LogP contribution in [0.25, 0.3) is 10.8 Å². The number of carbonyl (C=O) groups is 2. The molecule has 3 aromatic carbocycles. The first-order valence-corrected chi connectivity index (χ1v) is 7.96. The van der Waals surface area contributed by atoms with Crippen LogP contribution in [0.5, 0.6) is 0 Å². The van der Waals surface area contributed by atoms with Crippen LogP contribution in [0.1, 0.15) is 17.3 Å². The molecule has 0 saturated heterocycles. The number of ketones is 1. The maximum absolute atomic E-state index is 12.4. The van der Waals surface area contributed by atoms with Gasteiger partial charge >= 0.3 is 0 Å². The van der Waals surface area contributed by atoms with Gasteiger partial charge in [0.15, 0.2) is 5.78 Å². The molecule has 25 heavy (non-hydrogen) atoms. The Hall–Kier alpha value is -3.40. The molecule has 0 radical (unpaired) electrons. The molecule has 0 bridgehead atoms. The number of fused-ring (bicyclic) bond motifs is 1. The number of hydrogen-bond acceptors (Lipinski definition) is 3. The van der Waals surface area contributed by atoms with Gasteiger partial charge in [-0.25, -0.2) is 0 Å². The monoisotopic (exact) mass is 330 g/mol. The van der Waals surface area contributed by atoms with E-state index in [4.69, 9.17) is 0 Å². The van der Waals surface area contributed by atoms with Crippen molar-refractivity contribution in [1.29, 1.82) is 0 Å². The summed E-state index contributed by atoms with van der Waals surface area (Å²) in [6.07, 6.45) is 3.14. The second-order valence-corrected chi connectivity index (χ2v) is 5.63. The van der Waals surface area contributed by atoms with Crippen LogP contribution in [0, 0.1) is 0 Å². The van der Waals surface area contributed by atoms with Crippen LogP contribution < -0.4 is 10.6 Å². The van der Waals surface area contributed by atoms with Gasteiger partial charge < -0.3 is 10.6 Å². The zero-order valence-electron chi connectivity index (χ0n) is 13.8. The first-order valence-electron chi connectivity index (χ1n) is 7.96. The van der Waals surface area contributed by atoms with Crippen LogP contribution in [-0.4, -0.2) is 11.7 Å². The molecular formula is C21H18N2O2. The highest BCUT2D eigenvalue weighted by atomic mass is 16.1. The van der Waals surface area contributed by atoms with Gasteiger partial charge in [-0.15, -0.1) is 0 Å². The Kier molecular flexibility index (Phi) is 4.90. The molecular weight excluding hydrogens is 312 g/mol. The summed E-state index contributed by atoms with van der Waals surface area (Å²) < 4.78 is 0. The molecule has 0 unspecified atom stereocenters. The van der Waals surface area contributed by atoms with Crippen LogP contribution in [0.4, 0.5) is 11.4 Å². The van der Waals surface area contributed by atoms with Gasteiger partial charge in [-0.1, -0.05) is 42.5 Å². The Morgan fingerprint density at radius 1 is 0.840 bits per heavy atom. The Balaban J connectivity index is 1.69. The predicted octanol–water partition coefficient (Wildman–Crippen LogP) is 4.61. The molecule has 4 heteroatoms. The van der Waals surface area contributed by atoms with E-state index >= 15 is 0 Å². The minimum atomic E-state index is -0.110. The number of anilines is 2. The van der Waals surface area contributed by atoms with Crippen molar-refractivity contribution >= 4 is 33.8 Å². The average Bonchev–Trinajstić information content (AvgIpc) is 2.62. The van der Waals surface area contributed by atoms with E-state index in [2.05, 4.69) is 10.6 Å². The minimum absolute atomic E-state index is 0.0563. The zero-order chi connectivity index (χ0) is 17.6. The van der Waals surface area contributed by atoms with E-state index in [9.17, 15) is 9.59 Å². The summed E-state index contributed by atoms with van der Waals surface area (Å²) in [7, 11) is 0. The fourth-order valence-electron chi connectivity index (χ4n) is 2.60. The molecule has 0 saturated carbocycles. The van der Waals surface area contributed by atoms with Gasteiger partial charge in [0.1, 0.15) is 0 Å². The summed E-state index contributed by atoms with van der Waals surface area (Å²) in [5.41, 5.74) is 2.24. The van der Waals surface area contributed by atoms with E-state index in [0.29, 0.717) is 5.56 Å². The Morgan fingerprint density at radius 3 is 2.28 bits per heavy atom. The van der Waals surface area contributed by atoms with Crippen molar-refractivity contribution in [3.63, 3.8) is 0 Å². The van der Waals surface area contributed by atoms with Crippen molar-refractivity contribution in [2.75, 3.05) is 10.6 Å². The molecule has 0 heterocycles. The lowest BCUT2D eigenvalue weighted by molar-refractivity contribution is -0.114. The molecule has 0 fully saturated rings. The van der Waals surface area contributed by atoms with E-state index < -0.39 is 0 Å². The zero-order valence-corrected chi connectivity index (χ0v) is 13.8. The lowest BCUT2D eigenvalue weighted by Gasteiger charge is -2.05. The molecule has 0 aromatic heterocycles. The standard InChI is InChI=1S/C21H18N2O2/c1-15(24)23-18-11-9-17(10-12-18)22-14-13-21(25)20-8-4-6-16-5-2-3-7-19(16)20/h2-14,22H,1H3,(H,23,24)/b14-13+. The molecule has 0 aliphatic carbocycles. The highest BCUT2D eigenvalue weighted by Gasteiger charge is 2.06. The molecule has 0 aliphatic rings. The molecule has 0 aliphatic heterocycles. The number of rotatable bonds is 5. The molecule has 3 rings (SSSR count). The van der Waals surface area contributed by atoms with Crippen molar-refractivity contribution in [3.05, 3.63) is 84.6 Å². The van der Waals surface area contributed by atoms with E-state index in [1.807, 2.05) is 54.6 Å². The van der Waals surface area contributed by atoms with E-state index in [1.165, 1.54) is 13.0 Å². The topological polar surface area (TPSA) is 58.2 Å². The molecule has 124 valence electrons. The molecule has 0 atom stereocenters. The number of nitrogens with one attached hydrogen (secondary N) is 2. The van der Waals surface area contributed by atoms with Gasteiger partial charge in [-0.3, -0.25) is 9.59 Å². The normalized spacial score (nSPS) is 10.8. The van der Waals surface area contributed by atoms with Gasteiger partial charge in [0.05, 0.1) is 0 Å². The SMILES string of the molecule is CC(=O)Nc1ccc(N/C=C/C(=O)c2cccc3ccccc23)cc1. The first-order chi connectivity index (χ1) is 12.1. The van der Waals surface area contributed by atoms with Crippen LogP contribution in [0.2, 0.25) is 0 Å². The van der Waals surface area contributed by atoms with Crippen molar-refractivity contribution in [1.82, 2.24) is 0 Å². The van der Waals surface area contributed by atoms with Crippen LogP contribution in [0.3, 0.4) is 0 Å². The molecule has 1 amide bonds. The third kappa shape index (κ3) is 4.12. The summed E-state index contributed by atoms with van der Waals surface area (Å²) in [4.78, 5) is 23.4. The third-order valence-electron chi connectivity index (χ3n) is 3.75. The van der Waals surface area contributed by atoms with Gasteiger partial charge in [-0.05, 0) is 35.0 Å². The fourth-order valence-corrected chi connectivity index (χ4v) is 2.60. The number of carbonyl (C=O) groups excluding carboxylic acids is 2. The Morgan fingerprint density at radius 2 is 1.52 bits per heavy atom. The summed E-state index contributed by atoms with van der Waals surface area (Å²) in [5.74, 6) is -0.166. The van der Waals surface area contributed by atoms with Crippen molar-refractivity contribution < 1.29 is 9.59 Å². The molecule has 3 aromatic rings. The smallest absolute Gasteiger partial charge is 0.221 e. The molecule has 0 spiro atoms. The van der Waals surface area contributed by atoms with Crippen LogP contribution in [-0.2, 0) is 4.79 Å². The Labute approximate surface area is 146 Å². The maximum Gasteiger partial charge on any atom is 0.221 e. The van der Waals surface area contributed by atoms with Crippen molar-refractivity contribution in [2.24, 2.45) is 0 Å². The summed E-state index contributed by atoms with van der Waals surface area (Å²) in [5, 5.41) is 7.75. The minimum Gasteiger partial charge on any atom is -0.362 e.